The molecule has 460 valence electrons. The standard InChI is InChI=1S/C63H118O15/c1-3-5-7-9-11-13-15-17-19-21-23-24-25-26-27-28-30-31-33-35-37-39-41-43-45-54(65)73-48-51(76-55(66)46-44-42-40-38-36-34-32-29-22-20-18-16-14-12-10-8-6-4-2)49-74-62-61(72)59(70)57(68)53(78-62)50-75-63-60(71)58(69)56(67)52(47-64)77-63/h20,22,51-53,56-64,67-72H,3-19,21,23-50H2,1-2H3/b22-20-. The summed E-state index contributed by atoms with van der Waals surface area (Å²) in [6.07, 6.45) is 38.1. The van der Waals surface area contributed by atoms with Crippen molar-refractivity contribution >= 4 is 11.9 Å². The zero-order valence-electron chi connectivity index (χ0n) is 49.4. The number of esters is 2. The van der Waals surface area contributed by atoms with Crippen LogP contribution in [0.4, 0.5) is 0 Å². The Kier molecular flexibility index (Phi) is 46.2. The van der Waals surface area contributed by atoms with Crippen molar-refractivity contribution in [3.8, 4) is 0 Å². The van der Waals surface area contributed by atoms with Gasteiger partial charge in [-0.1, -0.05) is 244 Å². The third-order valence-corrected chi connectivity index (χ3v) is 15.7. The SMILES string of the molecule is CCCCCCCCC/C=C\CCCCCCCCCC(=O)OC(COC(=O)CCCCCCCCCCCCCCCCCCCCCCCCCC)COC1OC(COC2OC(CO)C(O)C(O)C2O)C(O)C(O)C1O. The van der Waals surface area contributed by atoms with E-state index in [0.29, 0.717) is 12.8 Å². The number of carbonyl (C=O) groups excluding carboxylic acids is 2. The molecule has 0 aromatic rings. The second-order valence-electron chi connectivity index (χ2n) is 23.0. The first kappa shape index (κ1) is 72.3. The Hall–Kier alpha value is -1.76. The van der Waals surface area contributed by atoms with Gasteiger partial charge in [0.1, 0.15) is 55.4 Å². The summed E-state index contributed by atoms with van der Waals surface area (Å²) < 4.78 is 33.8. The number of ether oxygens (including phenoxy) is 6. The fourth-order valence-electron chi connectivity index (χ4n) is 10.5. The van der Waals surface area contributed by atoms with Crippen molar-refractivity contribution in [2.45, 2.75) is 351 Å². The monoisotopic (exact) mass is 1110 g/mol. The lowest BCUT2D eigenvalue weighted by Crippen LogP contribution is -2.61. The Balaban J connectivity index is 1.69. The van der Waals surface area contributed by atoms with E-state index >= 15 is 0 Å². The predicted octanol–water partition coefficient (Wildman–Crippen LogP) is 12.1. The molecule has 0 bridgehead atoms. The molecule has 11 unspecified atom stereocenters. The molecule has 78 heavy (non-hydrogen) atoms. The maximum Gasteiger partial charge on any atom is 0.306 e. The van der Waals surface area contributed by atoms with Gasteiger partial charge in [-0.05, 0) is 38.5 Å². The molecular weight excluding hydrogens is 997 g/mol. The van der Waals surface area contributed by atoms with Crippen molar-refractivity contribution in [1.29, 1.82) is 0 Å². The van der Waals surface area contributed by atoms with Crippen LogP contribution in [0.15, 0.2) is 12.2 Å². The second kappa shape index (κ2) is 49.8. The summed E-state index contributed by atoms with van der Waals surface area (Å²) in [5, 5.41) is 72.4. The van der Waals surface area contributed by atoms with Crippen LogP contribution in [0.5, 0.6) is 0 Å². The Labute approximate surface area is 473 Å². The molecule has 0 aromatic heterocycles. The minimum Gasteiger partial charge on any atom is -0.462 e. The first-order chi connectivity index (χ1) is 38.0. The number of allylic oxidation sites excluding steroid dienone is 2. The van der Waals surface area contributed by atoms with Crippen molar-refractivity contribution in [3.63, 3.8) is 0 Å². The lowest BCUT2D eigenvalue weighted by Gasteiger charge is -2.42. The van der Waals surface area contributed by atoms with E-state index in [9.17, 15) is 45.3 Å². The van der Waals surface area contributed by atoms with Gasteiger partial charge in [0, 0.05) is 12.8 Å². The van der Waals surface area contributed by atoms with Crippen molar-refractivity contribution < 1.29 is 73.8 Å². The molecule has 2 aliphatic rings. The molecule has 15 nitrogen and oxygen atoms in total. The van der Waals surface area contributed by atoms with Gasteiger partial charge in [-0.3, -0.25) is 9.59 Å². The third-order valence-electron chi connectivity index (χ3n) is 15.7. The highest BCUT2D eigenvalue weighted by atomic mass is 16.7. The molecular formula is C63H118O15. The first-order valence-corrected chi connectivity index (χ1v) is 32.3. The van der Waals surface area contributed by atoms with Gasteiger partial charge in [0.25, 0.3) is 0 Å². The van der Waals surface area contributed by atoms with Gasteiger partial charge in [-0.15, -0.1) is 0 Å². The van der Waals surface area contributed by atoms with Crippen LogP contribution in [0.2, 0.25) is 0 Å². The van der Waals surface area contributed by atoms with Crippen LogP contribution in [0.3, 0.4) is 0 Å². The van der Waals surface area contributed by atoms with E-state index < -0.39 is 92.7 Å². The number of carbonyl (C=O) groups is 2. The molecule has 0 saturated carbocycles. The van der Waals surface area contributed by atoms with E-state index in [0.717, 1.165) is 51.4 Å². The zero-order valence-corrected chi connectivity index (χ0v) is 49.4. The van der Waals surface area contributed by atoms with Gasteiger partial charge in [-0.2, -0.15) is 0 Å². The molecule has 2 aliphatic heterocycles. The minimum atomic E-state index is -1.76. The normalized spacial score (nSPS) is 24.0. The summed E-state index contributed by atoms with van der Waals surface area (Å²) in [6, 6.07) is 0. The number of rotatable bonds is 53. The Morgan fingerprint density at radius 3 is 1.13 bits per heavy atom. The first-order valence-electron chi connectivity index (χ1n) is 32.3. The zero-order chi connectivity index (χ0) is 56.7. The topological polar surface area (TPSA) is 231 Å². The van der Waals surface area contributed by atoms with Gasteiger partial charge in [-0.25, -0.2) is 0 Å². The fraction of sp³-hybridized carbons (Fsp3) is 0.937. The quantitative estimate of drug-likeness (QED) is 0.0171. The largest absolute Gasteiger partial charge is 0.462 e. The van der Waals surface area contributed by atoms with Crippen LogP contribution in [0.25, 0.3) is 0 Å². The minimum absolute atomic E-state index is 0.165. The molecule has 0 radical (unpaired) electrons. The molecule has 7 N–H and O–H groups in total. The number of hydrogen-bond donors (Lipinski definition) is 7. The van der Waals surface area contributed by atoms with Crippen LogP contribution >= 0.6 is 0 Å². The highest BCUT2D eigenvalue weighted by Crippen LogP contribution is 2.27. The smallest absolute Gasteiger partial charge is 0.306 e. The molecule has 0 aromatic carbocycles. The lowest BCUT2D eigenvalue weighted by molar-refractivity contribution is -0.332. The highest BCUT2D eigenvalue weighted by molar-refractivity contribution is 5.70. The number of unbranched alkanes of at least 4 members (excludes halogenated alkanes) is 37. The summed E-state index contributed by atoms with van der Waals surface area (Å²) >= 11 is 0. The van der Waals surface area contributed by atoms with Crippen molar-refractivity contribution in [3.05, 3.63) is 12.2 Å². The van der Waals surface area contributed by atoms with Gasteiger partial charge < -0.3 is 64.2 Å². The van der Waals surface area contributed by atoms with Gasteiger partial charge in [0.05, 0.1) is 19.8 Å². The molecule has 0 amide bonds. The lowest BCUT2D eigenvalue weighted by atomic mass is 9.98. The average molecular weight is 1120 g/mol. The average Bonchev–Trinajstić information content (AvgIpc) is 3.44. The van der Waals surface area contributed by atoms with Crippen LogP contribution in [0, 0.1) is 0 Å². The van der Waals surface area contributed by atoms with E-state index in [1.54, 1.807) is 0 Å². The Morgan fingerprint density at radius 1 is 0.397 bits per heavy atom. The summed E-state index contributed by atoms with van der Waals surface area (Å²) in [5.74, 6) is -0.911. The molecule has 2 rings (SSSR count). The van der Waals surface area contributed by atoms with Crippen LogP contribution < -0.4 is 0 Å². The van der Waals surface area contributed by atoms with Gasteiger partial charge in [0.15, 0.2) is 18.7 Å². The van der Waals surface area contributed by atoms with Crippen molar-refractivity contribution in [2.24, 2.45) is 0 Å². The summed E-state index contributed by atoms with van der Waals surface area (Å²) in [4.78, 5) is 26.0. The molecule has 15 heteroatoms. The summed E-state index contributed by atoms with van der Waals surface area (Å²) in [7, 11) is 0. The highest BCUT2D eigenvalue weighted by Gasteiger charge is 2.47. The number of aliphatic hydroxyl groups excluding tert-OH is 7. The van der Waals surface area contributed by atoms with E-state index in [-0.39, 0.29) is 26.1 Å². The van der Waals surface area contributed by atoms with Crippen molar-refractivity contribution in [1.82, 2.24) is 0 Å². The van der Waals surface area contributed by atoms with E-state index in [4.69, 9.17) is 28.4 Å². The molecule has 2 saturated heterocycles. The maximum absolute atomic E-state index is 13.1. The van der Waals surface area contributed by atoms with Crippen LogP contribution in [-0.4, -0.2) is 142 Å². The Bertz CT molecular complexity index is 1400. The van der Waals surface area contributed by atoms with E-state index in [1.807, 2.05) is 0 Å². The Morgan fingerprint density at radius 2 is 0.731 bits per heavy atom. The van der Waals surface area contributed by atoms with Crippen molar-refractivity contribution in [2.75, 3.05) is 26.4 Å². The molecule has 2 heterocycles. The third kappa shape index (κ3) is 36.0. The van der Waals surface area contributed by atoms with Crippen LogP contribution in [-0.2, 0) is 38.0 Å². The molecule has 11 atom stereocenters. The fourth-order valence-corrected chi connectivity index (χ4v) is 10.5. The van der Waals surface area contributed by atoms with E-state index in [1.165, 1.54) is 193 Å². The predicted molar refractivity (Wildman–Crippen MR) is 308 cm³/mol. The molecule has 0 spiro atoms. The van der Waals surface area contributed by atoms with Crippen LogP contribution in [0.1, 0.15) is 284 Å². The maximum atomic E-state index is 13.1. The molecule has 0 aliphatic carbocycles. The van der Waals surface area contributed by atoms with E-state index in [2.05, 4.69) is 26.0 Å². The van der Waals surface area contributed by atoms with Gasteiger partial charge >= 0.3 is 11.9 Å². The summed E-state index contributed by atoms with van der Waals surface area (Å²) in [5.41, 5.74) is 0. The number of aliphatic hydroxyl groups is 7. The molecule has 2 fully saturated rings. The second-order valence-corrected chi connectivity index (χ2v) is 23.0. The van der Waals surface area contributed by atoms with Gasteiger partial charge in [0.2, 0.25) is 0 Å². The summed E-state index contributed by atoms with van der Waals surface area (Å²) in [6.45, 7) is 2.66. The number of hydrogen-bond acceptors (Lipinski definition) is 15.